The number of aromatic nitrogens is 5. The number of amides is 1. The van der Waals surface area contributed by atoms with Crippen molar-refractivity contribution in [3.8, 4) is 0 Å². The molecule has 3 aromatic heterocycles. The van der Waals surface area contributed by atoms with Gasteiger partial charge in [-0.25, -0.2) is 0 Å². The molecule has 12 heteroatoms. The van der Waals surface area contributed by atoms with Crippen LogP contribution >= 0.6 is 15.9 Å². The molecule has 0 spiro atoms. The molecule has 0 fully saturated rings. The van der Waals surface area contributed by atoms with E-state index in [1.54, 1.807) is 17.7 Å². The predicted octanol–water partition coefficient (Wildman–Crippen LogP) is 3.70. The van der Waals surface area contributed by atoms with Crippen LogP contribution in [0.4, 0.5) is 11.5 Å². The molecule has 11 nitrogen and oxygen atoms in total. The maximum Gasteiger partial charge on any atom is 0.307 e. The highest BCUT2D eigenvalue weighted by atomic mass is 79.9. The molecule has 0 atom stereocenters. The van der Waals surface area contributed by atoms with Gasteiger partial charge in [0.1, 0.15) is 18.2 Å². The van der Waals surface area contributed by atoms with Crippen LogP contribution < -0.4 is 5.32 Å². The summed E-state index contributed by atoms with van der Waals surface area (Å²) < 4.78 is 9.32. The van der Waals surface area contributed by atoms with Crippen LogP contribution in [0.3, 0.4) is 0 Å². The lowest BCUT2D eigenvalue weighted by molar-refractivity contribution is -0.385. The van der Waals surface area contributed by atoms with Crippen LogP contribution in [0, 0.1) is 24.0 Å². The second kappa shape index (κ2) is 8.75. The number of carbonyl (C=O) groups is 1. The second-order valence-electron chi connectivity index (χ2n) is 7.13. The molecule has 3 heterocycles. The Balaban J connectivity index is 1.49. The Kier molecular flexibility index (Phi) is 5.86. The third kappa shape index (κ3) is 4.59. The molecule has 4 rings (SSSR count). The fraction of sp³-hybridized carbons (Fsp3) is 0.200. The summed E-state index contributed by atoms with van der Waals surface area (Å²) in [7, 11) is 0. The SMILES string of the molecule is Cc1onc(C(=O)Nc2cc(C)n(Cc3ccc(Br)cc3)n2)c1Cn1cc([N+](=O)[O-])cn1. The summed E-state index contributed by atoms with van der Waals surface area (Å²) >= 11 is 3.42. The smallest absolute Gasteiger partial charge is 0.307 e. The molecule has 1 aromatic carbocycles. The number of hydrogen-bond donors (Lipinski definition) is 1. The first-order valence-electron chi connectivity index (χ1n) is 9.52. The Morgan fingerprint density at radius 2 is 2.00 bits per heavy atom. The molecule has 0 bridgehead atoms. The number of carbonyl (C=O) groups excluding carboxylic acids is 1. The van der Waals surface area contributed by atoms with Crippen LogP contribution in [0.1, 0.15) is 33.1 Å². The molecule has 0 aliphatic rings. The Morgan fingerprint density at radius 1 is 1.25 bits per heavy atom. The van der Waals surface area contributed by atoms with E-state index in [-0.39, 0.29) is 17.9 Å². The molecule has 1 amide bonds. The molecule has 0 aliphatic carbocycles. The van der Waals surface area contributed by atoms with Crippen molar-refractivity contribution in [1.82, 2.24) is 24.7 Å². The predicted molar refractivity (Wildman–Crippen MR) is 117 cm³/mol. The number of aryl methyl sites for hydroxylation is 2. The van der Waals surface area contributed by atoms with E-state index < -0.39 is 10.8 Å². The average Bonchev–Trinajstić information content (AvgIpc) is 3.45. The summed E-state index contributed by atoms with van der Waals surface area (Å²) in [6, 6.07) is 9.67. The fourth-order valence-corrected chi connectivity index (χ4v) is 3.39. The number of anilines is 1. The Labute approximate surface area is 190 Å². The van der Waals surface area contributed by atoms with Crippen molar-refractivity contribution in [2.75, 3.05) is 5.32 Å². The van der Waals surface area contributed by atoms with Gasteiger partial charge >= 0.3 is 5.69 Å². The van der Waals surface area contributed by atoms with E-state index in [9.17, 15) is 14.9 Å². The zero-order valence-electron chi connectivity index (χ0n) is 17.1. The van der Waals surface area contributed by atoms with Gasteiger partial charge in [0.2, 0.25) is 0 Å². The van der Waals surface area contributed by atoms with E-state index in [0.717, 1.165) is 21.9 Å². The molecule has 0 saturated carbocycles. The zero-order valence-corrected chi connectivity index (χ0v) is 18.7. The van der Waals surface area contributed by atoms with Crippen LogP contribution in [0.5, 0.6) is 0 Å². The van der Waals surface area contributed by atoms with Crippen molar-refractivity contribution in [3.05, 3.63) is 85.6 Å². The summed E-state index contributed by atoms with van der Waals surface area (Å²) in [6.45, 7) is 4.22. The number of nitrogens with one attached hydrogen (secondary N) is 1. The van der Waals surface area contributed by atoms with Crippen molar-refractivity contribution in [1.29, 1.82) is 0 Å². The summed E-state index contributed by atoms with van der Waals surface area (Å²) in [4.78, 5) is 23.2. The number of nitro groups is 1. The molecule has 1 N–H and O–H groups in total. The minimum Gasteiger partial charge on any atom is -0.361 e. The van der Waals surface area contributed by atoms with Crippen molar-refractivity contribution in [2.45, 2.75) is 26.9 Å². The Hall–Kier alpha value is -3.80. The van der Waals surface area contributed by atoms with Gasteiger partial charge in [0.05, 0.1) is 18.0 Å². The molecule has 0 radical (unpaired) electrons. The van der Waals surface area contributed by atoms with Gasteiger partial charge in [-0.05, 0) is 31.5 Å². The van der Waals surface area contributed by atoms with Crippen LogP contribution in [0.25, 0.3) is 0 Å². The summed E-state index contributed by atoms with van der Waals surface area (Å²) in [6.07, 6.45) is 2.42. The van der Waals surface area contributed by atoms with Crippen molar-refractivity contribution < 1.29 is 14.2 Å². The number of nitrogens with zero attached hydrogens (tertiary/aromatic N) is 6. The van der Waals surface area contributed by atoms with Gasteiger partial charge in [-0.2, -0.15) is 10.2 Å². The van der Waals surface area contributed by atoms with Crippen molar-refractivity contribution in [3.63, 3.8) is 0 Å². The average molecular weight is 500 g/mol. The van der Waals surface area contributed by atoms with E-state index in [2.05, 4.69) is 36.6 Å². The Bertz CT molecular complexity index is 1290. The molecular weight excluding hydrogens is 482 g/mol. The molecule has 4 aromatic rings. The lowest BCUT2D eigenvalue weighted by atomic mass is 10.2. The lowest BCUT2D eigenvalue weighted by Crippen LogP contribution is -2.16. The molecule has 32 heavy (non-hydrogen) atoms. The van der Waals surface area contributed by atoms with Gasteiger partial charge in [0.15, 0.2) is 11.5 Å². The standard InChI is InChI=1S/C20H18BrN7O4/c1-12-7-18(24-27(12)9-14-3-5-15(21)6-4-14)23-20(29)19-17(13(2)32-25-19)11-26-10-16(8-22-26)28(30)31/h3-8,10H,9,11H2,1-2H3,(H,23,24,29). The second-order valence-corrected chi connectivity index (χ2v) is 8.04. The van der Waals surface area contributed by atoms with Gasteiger partial charge < -0.3 is 9.84 Å². The van der Waals surface area contributed by atoms with Crippen molar-refractivity contribution >= 4 is 33.3 Å². The van der Waals surface area contributed by atoms with E-state index >= 15 is 0 Å². The zero-order chi connectivity index (χ0) is 22.8. The minimum atomic E-state index is -0.537. The quantitative estimate of drug-likeness (QED) is 0.302. The van der Waals surface area contributed by atoms with E-state index in [0.29, 0.717) is 23.7 Å². The lowest BCUT2D eigenvalue weighted by Gasteiger charge is -2.05. The van der Waals surface area contributed by atoms with Crippen LogP contribution in [-0.4, -0.2) is 35.5 Å². The van der Waals surface area contributed by atoms with E-state index in [1.807, 2.05) is 31.2 Å². The third-order valence-corrected chi connectivity index (χ3v) is 5.35. The summed E-state index contributed by atoms with van der Waals surface area (Å²) in [5.74, 6) is 0.308. The van der Waals surface area contributed by atoms with Gasteiger partial charge in [-0.3, -0.25) is 24.3 Å². The highest BCUT2D eigenvalue weighted by Crippen LogP contribution is 2.19. The van der Waals surface area contributed by atoms with Crippen LogP contribution in [-0.2, 0) is 13.1 Å². The summed E-state index contributed by atoms with van der Waals surface area (Å²) in [5.41, 5.74) is 2.35. The van der Waals surface area contributed by atoms with Gasteiger partial charge in [0.25, 0.3) is 5.91 Å². The topological polar surface area (TPSA) is 134 Å². The number of rotatable bonds is 7. The number of benzene rings is 1. The van der Waals surface area contributed by atoms with E-state index in [4.69, 9.17) is 4.52 Å². The fourth-order valence-electron chi connectivity index (χ4n) is 3.12. The minimum absolute atomic E-state index is 0.0702. The maximum atomic E-state index is 12.8. The first kappa shape index (κ1) is 21.4. The first-order chi connectivity index (χ1) is 15.3. The van der Waals surface area contributed by atoms with Gasteiger partial charge in [0, 0.05) is 21.8 Å². The van der Waals surface area contributed by atoms with Crippen LogP contribution in [0.15, 0.2) is 51.7 Å². The highest BCUT2D eigenvalue weighted by molar-refractivity contribution is 9.10. The maximum absolute atomic E-state index is 12.8. The monoisotopic (exact) mass is 499 g/mol. The Morgan fingerprint density at radius 3 is 2.69 bits per heavy atom. The molecule has 164 valence electrons. The molecule has 0 saturated heterocycles. The molecular formula is C20H18BrN7O4. The number of hydrogen-bond acceptors (Lipinski definition) is 7. The van der Waals surface area contributed by atoms with E-state index in [1.165, 1.54) is 10.9 Å². The molecule has 0 unspecified atom stereocenters. The van der Waals surface area contributed by atoms with Crippen LogP contribution in [0.2, 0.25) is 0 Å². The summed E-state index contributed by atoms with van der Waals surface area (Å²) in [5, 5.41) is 25.9. The molecule has 0 aliphatic heterocycles. The van der Waals surface area contributed by atoms with Gasteiger partial charge in [-0.15, -0.1) is 0 Å². The first-order valence-corrected chi connectivity index (χ1v) is 10.3. The normalized spacial score (nSPS) is 11.0. The number of halogens is 1. The highest BCUT2D eigenvalue weighted by Gasteiger charge is 2.22. The van der Waals surface area contributed by atoms with Crippen molar-refractivity contribution in [2.24, 2.45) is 0 Å². The van der Waals surface area contributed by atoms with Gasteiger partial charge in [-0.1, -0.05) is 33.2 Å². The largest absolute Gasteiger partial charge is 0.361 e. The third-order valence-electron chi connectivity index (χ3n) is 4.82.